The number of hydrazine groups is 1. The number of pyridine rings is 1. The number of aryl methyl sites for hydroxylation is 1. The first-order chi connectivity index (χ1) is 13.9. The third-order valence-electron chi connectivity index (χ3n) is 4.14. The lowest BCUT2D eigenvalue weighted by molar-refractivity contribution is -0.137. The fraction of sp³-hybridized carbons (Fsp3) is 0.118. The number of hydrogen-bond acceptors (Lipinski definition) is 6. The van der Waals surface area contributed by atoms with E-state index < -0.39 is 46.0 Å². The fourth-order valence-electron chi connectivity index (χ4n) is 2.74. The average Bonchev–Trinajstić information content (AvgIpc) is 2.63. The van der Waals surface area contributed by atoms with Gasteiger partial charge in [0, 0.05) is 24.0 Å². The Morgan fingerprint density at radius 2 is 1.73 bits per heavy atom. The molecule has 0 bridgehead atoms. The second kappa shape index (κ2) is 7.26. The van der Waals surface area contributed by atoms with Gasteiger partial charge in [0.1, 0.15) is 5.69 Å². The number of alkyl halides is 3. The summed E-state index contributed by atoms with van der Waals surface area (Å²) in [5.74, 6) is 3.31. The van der Waals surface area contributed by atoms with Gasteiger partial charge in [-0.3, -0.25) is 14.8 Å². The number of benzene rings is 1. The van der Waals surface area contributed by atoms with Gasteiger partial charge in [-0.2, -0.15) is 13.2 Å². The summed E-state index contributed by atoms with van der Waals surface area (Å²) in [5.41, 5.74) is 0.595. The topological polar surface area (TPSA) is 123 Å². The minimum absolute atomic E-state index is 0.0900. The van der Waals surface area contributed by atoms with Crippen molar-refractivity contribution in [1.82, 2.24) is 14.5 Å². The number of nitrogens with zero attached hydrogens (tertiary/aromatic N) is 3. The molecule has 8 nitrogen and oxygen atoms in total. The highest BCUT2D eigenvalue weighted by Gasteiger charge is 2.31. The van der Waals surface area contributed by atoms with Gasteiger partial charge in [-0.1, -0.05) is 0 Å². The normalized spacial score (nSPS) is 11.6. The van der Waals surface area contributed by atoms with Gasteiger partial charge >= 0.3 is 11.9 Å². The lowest BCUT2D eigenvalue weighted by Gasteiger charge is -2.22. The van der Waals surface area contributed by atoms with E-state index in [0.717, 1.165) is 6.20 Å². The minimum atomic E-state index is -4.77. The van der Waals surface area contributed by atoms with E-state index in [0.29, 0.717) is 34.0 Å². The number of anilines is 3. The van der Waals surface area contributed by atoms with Crippen LogP contribution in [0.15, 0.2) is 40.2 Å². The first-order valence-electron chi connectivity index (χ1n) is 8.09. The van der Waals surface area contributed by atoms with Gasteiger partial charge in [0.25, 0.3) is 5.56 Å². The molecule has 0 aliphatic heterocycles. The predicted octanol–water partition coefficient (Wildman–Crippen LogP) is 2.12. The number of nitrogen functional groups attached to an aromatic ring is 1. The molecule has 0 aliphatic carbocycles. The standard InChI is InChI=1S/C17H13F5N6O2/c1-7-14(28(24)13-4-11(19)10(18)3-12(13)23)15(29)27(16(30)26-7)9-2-8(5-25-6-9)17(20,21)22/h2-6H,23-24H2,1H3,(H,26,30). The van der Waals surface area contributed by atoms with Crippen molar-refractivity contribution in [3.63, 3.8) is 0 Å². The van der Waals surface area contributed by atoms with Crippen LogP contribution < -0.4 is 27.8 Å². The maximum atomic E-state index is 13.6. The lowest BCUT2D eigenvalue weighted by atomic mass is 10.2. The maximum absolute atomic E-state index is 13.6. The van der Waals surface area contributed by atoms with E-state index >= 15 is 0 Å². The number of halogens is 5. The first kappa shape index (κ1) is 21.0. The SMILES string of the molecule is Cc1[nH]c(=O)n(-c2cncc(C(F)(F)F)c2)c(=O)c1N(N)c1cc(F)c(F)cc1N. The number of hydrogen-bond donors (Lipinski definition) is 3. The summed E-state index contributed by atoms with van der Waals surface area (Å²) >= 11 is 0. The number of aromatic amines is 1. The molecule has 2 heterocycles. The van der Waals surface area contributed by atoms with Gasteiger partial charge in [0.2, 0.25) is 0 Å². The van der Waals surface area contributed by atoms with Crippen LogP contribution in [0.4, 0.5) is 39.0 Å². The van der Waals surface area contributed by atoms with Crippen LogP contribution in [0.25, 0.3) is 5.69 Å². The molecule has 5 N–H and O–H groups in total. The van der Waals surface area contributed by atoms with E-state index in [1.807, 2.05) is 0 Å². The van der Waals surface area contributed by atoms with Gasteiger partial charge in [0.05, 0.1) is 28.8 Å². The zero-order valence-electron chi connectivity index (χ0n) is 15.1. The van der Waals surface area contributed by atoms with E-state index in [9.17, 15) is 31.5 Å². The largest absolute Gasteiger partial charge is 0.417 e. The maximum Gasteiger partial charge on any atom is 0.417 e. The van der Waals surface area contributed by atoms with Crippen molar-refractivity contribution in [3.8, 4) is 5.69 Å². The van der Waals surface area contributed by atoms with Crippen LogP contribution in [0.2, 0.25) is 0 Å². The van der Waals surface area contributed by atoms with Gasteiger partial charge < -0.3 is 10.7 Å². The molecule has 158 valence electrons. The smallest absolute Gasteiger partial charge is 0.397 e. The van der Waals surface area contributed by atoms with Crippen LogP contribution in [0.3, 0.4) is 0 Å². The number of H-pyrrole nitrogens is 1. The van der Waals surface area contributed by atoms with Crippen molar-refractivity contribution in [2.45, 2.75) is 13.1 Å². The molecule has 1 aromatic carbocycles. The number of nitrogens with two attached hydrogens (primary N) is 2. The van der Waals surface area contributed by atoms with Crippen molar-refractivity contribution in [3.05, 3.63) is 74.3 Å². The molecular weight excluding hydrogens is 415 g/mol. The van der Waals surface area contributed by atoms with E-state index in [4.69, 9.17) is 11.6 Å². The quantitative estimate of drug-likeness (QED) is 0.254. The number of aromatic nitrogens is 3. The Balaban J connectivity index is 2.24. The molecule has 0 aliphatic rings. The Morgan fingerprint density at radius 3 is 2.37 bits per heavy atom. The van der Waals surface area contributed by atoms with Crippen LogP contribution in [-0.2, 0) is 6.18 Å². The van der Waals surface area contributed by atoms with E-state index in [1.54, 1.807) is 0 Å². The Morgan fingerprint density at radius 1 is 1.10 bits per heavy atom. The van der Waals surface area contributed by atoms with E-state index in [1.165, 1.54) is 6.92 Å². The number of nitrogens with one attached hydrogen (secondary N) is 1. The van der Waals surface area contributed by atoms with E-state index in [-0.39, 0.29) is 17.1 Å². The van der Waals surface area contributed by atoms with E-state index in [2.05, 4.69) is 9.97 Å². The zero-order chi connectivity index (χ0) is 22.4. The summed E-state index contributed by atoms with van der Waals surface area (Å²) in [5, 5.41) is 0.600. The highest BCUT2D eigenvalue weighted by Crippen LogP contribution is 2.30. The van der Waals surface area contributed by atoms with Crippen molar-refractivity contribution < 1.29 is 22.0 Å². The van der Waals surface area contributed by atoms with Crippen LogP contribution in [-0.4, -0.2) is 14.5 Å². The van der Waals surface area contributed by atoms with Gasteiger partial charge in [0.15, 0.2) is 11.6 Å². The Hall–Kier alpha value is -3.74. The van der Waals surface area contributed by atoms with Crippen LogP contribution >= 0.6 is 0 Å². The Kier molecular flexibility index (Phi) is 5.08. The summed E-state index contributed by atoms with van der Waals surface area (Å²) in [7, 11) is 0. The molecule has 0 atom stereocenters. The molecule has 3 aromatic rings. The molecule has 2 aromatic heterocycles. The molecule has 13 heteroatoms. The molecule has 0 fully saturated rings. The zero-order valence-corrected chi connectivity index (χ0v) is 15.1. The molecule has 0 spiro atoms. The molecule has 3 rings (SSSR count). The van der Waals surface area contributed by atoms with Crippen LogP contribution in [0.1, 0.15) is 11.3 Å². The van der Waals surface area contributed by atoms with Crippen molar-refractivity contribution in [1.29, 1.82) is 0 Å². The minimum Gasteiger partial charge on any atom is -0.397 e. The molecular formula is C17H13F5N6O2. The summed E-state index contributed by atoms with van der Waals surface area (Å²) < 4.78 is 66.3. The number of rotatable bonds is 3. The average molecular weight is 428 g/mol. The molecule has 30 heavy (non-hydrogen) atoms. The Labute approximate surface area is 164 Å². The molecule has 0 saturated carbocycles. The van der Waals surface area contributed by atoms with Crippen molar-refractivity contribution in [2.75, 3.05) is 10.7 Å². The monoisotopic (exact) mass is 428 g/mol. The fourth-order valence-corrected chi connectivity index (χ4v) is 2.74. The summed E-state index contributed by atoms with van der Waals surface area (Å²) in [6, 6.07) is 1.82. The Bertz CT molecular complexity index is 1250. The third-order valence-corrected chi connectivity index (χ3v) is 4.14. The third kappa shape index (κ3) is 3.61. The van der Waals surface area contributed by atoms with Crippen molar-refractivity contribution in [2.24, 2.45) is 5.84 Å². The summed E-state index contributed by atoms with van der Waals surface area (Å²) in [6.45, 7) is 1.28. The highest BCUT2D eigenvalue weighted by atomic mass is 19.4. The van der Waals surface area contributed by atoms with Gasteiger partial charge in [-0.25, -0.2) is 24.0 Å². The van der Waals surface area contributed by atoms with Crippen LogP contribution in [0.5, 0.6) is 0 Å². The highest BCUT2D eigenvalue weighted by molar-refractivity contribution is 5.74. The predicted molar refractivity (Wildman–Crippen MR) is 97.3 cm³/mol. The molecule has 0 radical (unpaired) electrons. The second-order valence-corrected chi connectivity index (χ2v) is 6.17. The summed E-state index contributed by atoms with van der Waals surface area (Å²) in [6.07, 6.45) is -3.38. The van der Waals surface area contributed by atoms with Gasteiger partial charge in [-0.05, 0) is 13.0 Å². The second-order valence-electron chi connectivity index (χ2n) is 6.17. The lowest BCUT2D eigenvalue weighted by Crippen LogP contribution is -2.41. The van der Waals surface area contributed by atoms with Gasteiger partial charge in [-0.15, -0.1) is 0 Å². The molecule has 0 amide bonds. The summed E-state index contributed by atoms with van der Waals surface area (Å²) in [4.78, 5) is 30.9. The van der Waals surface area contributed by atoms with Crippen molar-refractivity contribution >= 4 is 17.1 Å². The molecule has 0 unspecified atom stereocenters. The first-order valence-corrected chi connectivity index (χ1v) is 8.09. The van der Waals surface area contributed by atoms with Crippen LogP contribution in [0, 0.1) is 18.6 Å². The molecule has 0 saturated heterocycles.